The topological polar surface area (TPSA) is 110 Å². The minimum absolute atomic E-state index is 0.151. The van der Waals surface area contributed by atoms with Crippen LogP contribution in [0.3, 0.4) is 0 Å². The summed E-state index contributed by atoms with van der Waals surface area (Å²) in [5, 5.41) is 11.2. The molecular formula is C33H33Cl2FN8O3S. The first-order valence-corrected chi connectivity index (χ1v) is 17.2. The predicted octanol–water partition coefficient (Wildman–Crippen LogP) is 6.84. The van der Waals surface area contributed by atoms with E-state index >= 15 is 0 Å². The number of carbonyl (C=O) groups is 2. The van der Waals surface area contributed by atoms with Crippen molar-refractivity contribution < 1.29 is 18.7 Å². The molecule has 48 heavy (non-hydrogen) atoms. The molecule has 5 aromatic rings. The summed E-state index contributed by atoms with van der Waals surface area (Å²) in [6.07, 6.45) is 3.63. The standard InChI is InChI=1S/C33H33Cl2FN8O3S/c1-33(2,3)47-32(46)42-11-9-41(10-12-42)21-6-4-19(5-7-21)22-15-24(34)23-17-44(40-27(23)26(22)35)29(30(45)39-31-37-8-13-48-31)28-25-14-20(36)16-43(25)18-38-28/h4-8,13,15,17-18,20,29H,9-12,14,16H2,1-3H3,(H,37,39,45). The molecule has 15 heteroatoms. The van der Waals surface area contributed by atoms with E-state index in [0.29, 0.717) is 69.2 Å². The van der Waals surface area contributed by atoms with Crippen molar-refractivity contribution in [3.63, 3.8) is 0 Å². The second-order valence-electron chi connectivity index (χ2n) is 12.9. The van der Waals surface area contributed by atoms with Gasteiger partial charge in [0.2, 0.25) is 0 Å². The number of benzene rings is 2. The number of aromatic nitrogens is 5. The zero-order valence-electron chi connectivity index (χ0n) is 26.5. The van der Waals surface area contributed by atoms with Crippen LogP contribution in [0, 0.1) is 0 Å². The number of piperazine rings is 1. The molecule has 0 saturated carbocycles. The number of imidazole rings is 1. The number of alkyl halides is 1. The van der Waals surface area contributed by atoms with Crippen molar-refractivity contribution in [1.82, 2.24) is 29.2 Å². The molecular weight excluding hydrogens is 678 g/mol. The average Bonchev–Trinajstić information content (AvgIpc) is 3.85. The number of hydrogen-bond acceptors (Lipinski definition) is 8. The van der Waals surface area contributed by atoms with Gasteiger partial charge in [0, 0.05) is 72.7 Å². The van der Waals surface area contributed by atoms with Crippen molar-refractivity contribution in [2.45, 2.75) is 51.6 Å². The smallest absolute Gasteiger partial charge is 0.410 e. The van der Waals surface area contributed by atoms with Gasteiger partial charge < -0.3 is 19.1 Å². The maximum atomic E-state index is 14.4. The van der Waals surface area contributed by atoms with Crippen LogP contribution in [0.5, 0.6) is 0 Å². The van der Waals surface area contributed by atoms with Gasteiger partial charge in [0.1, 0.15) is 17.3 Å². The zero-order chi connectivity index (χ0) is 33.7. The number of halogens is 3. The summed E-state index contributed by atoms with van der Waals surface area (Å²) in [7, 11) is 0. The molecule has 0 radical (unpaired) electrons. The minimum Gasteiger partial charge on any atom is -0.444 e. The van der Waals surface area contributed by atoms with E-state index in [1.54, 1.807) is 39.6 Å². The number of fused-ring (bicyclic) bond motifs is 2. The summed E-state index contributed by atoms with van der Waals surface area (Å²) in [6, 6.07) is 8.75. The van der Waals surface area contributed by atoms with E-state index < -0.39 is 23.7 Å². The SMILES string of the molecule is CC(C)(C)OC(=O)N1CCN(c2ccc(-c3cc(Cl)c4cn(C(C(=O)Nc5nccs5)c5ncn6c5CC(F)C6)nc4c3Cl)cc2)CC1. The molecule has 0 spiro atoms. The van der Waals surface area contributed by atoms with Gasteiger partial charge in [-0.15, -0.1) is 11.3 Å². The molecule has 2 unspecified atom stereocenters. The van der Waals surface area contributed by atoms with E-state index in [-0.39, 0.29) is 19.1 Å². The van der Waals surface area contributed by atoms with Gasteiger partial charge in [-0.25, -0.2) is 19.2 Å². The Morgan fingerprint density at radius 2 is 1.85 bits per heavy atom. The molecule has 7 rings (SSSR count). The van der Waals surface area contributed by atoms with Gasteiger partial charge in [0.05, 0.1) is 28.6 Å². The second-order valence-corrected chi connectivity index (χ2v) is 14.5. The molecule has 0 bridgehead atoms. The first kappa shape index (κ1) is 32.4. The molecule has 5 heterocycles. The van der Waals surface area contributed by atoms with Crippen LogP contribution < -0.4 is 10.2 Å². The van der Waals surface area contributed by atoms with E-state index in [1.807, 2.05) is 45.0 Å². The fourth-order valence-corrected chi connectivity index (χ4v) is 7.22. The number of hydrogen-bond donors (Lipinski definition) is 1. The minimum atomic E-state index is -1.05. The summed E-state index contributed by atoms with van der Waals surface area (Å²) in [5.74, 6) is -0.420. The van der Waals surface area contributed by atoms with E-state index in [0.717, 1.165) is 11.3 Å². The van der Waals surface area contributed by atoms with Gasteiger partial charge in [0.15, 0.2) is 11.2 Å². The lowest BCUT2D eigenvalue weighted by Gasteiger charge is -2.36. The summed E-state index contributed by atoms with van der Waals surface area (Å²) < 4.78 is 23.1. The molecule has 11 nitrogen and oxygen atoms in total. The molecule has 0 aliphatic carbocycles. The fourth-order valence-electron chi connectivity index (χ4n) is 6.14. The number of thiazole rings is 1. The third-order valence-corrected chi connectivity index (χ3v) is 9.79. The summed E-state index contributed by atoms with van der Waals surface area (Å²) in [4.78, 5) is 38.9. The van der Waals surface area contributed by atoms with E-state index in [4.69, 9.17) is 33.0 Å². The van der Waals surface area contributed by atoms with E-state index in [2.05, 4.69) is 20.2 Å². The highest BCUT2D eigenvalue weighted by Crippen LogP contribution is 2.40. The molecule has 2 amide bonds. The van der Waals surface area contributed by atoms with Crippen LogP contribution in [0.4, 0.5) is 20.0 Å². The van der Waals surface area contributed by atoms with Crippen LogP contribution >= 0.6 is 34.5 Å². The van der Waals surface area contributed by atoms with E-state index in [9.17, 15) is 14.0 Å². The van der Waals surface area contributed by atoms with Crippen LogP contribution in [0.15, 0.2) is 54.4 Å². The van der Waals surface area contributed by atoms with Crippen LogP contribution in [-0.2, 0) is 22.5 Å². The van der Waals surface area contributed by atoms with E-state index in [1.165, 1.54) is 16.0 Å². The Morgan fingerprint density at radius 3 is 2.54 bits per heavy atom. The molecule has 2 aliphatic rings. The lowest BCUT2D eigenvalue weighted by molar-refractivity contribution is -0.118. The number of rotatable bonds is 6. The number of anilines is 2. The Hall–Kier alpha value is -4.20. The van der Waals surface area contributed by atoms with Gasteiger partial charge in [-0.05, 0) is 44.5 Å². The number of nitrogens with zero attached hydrogens (tertiary/aromatic N) is 7. The lowest BCUT2D eigenvalue weighted by Crippen LogP contribution is -2.50. The highest BCUT2D eigenvalue weighted by atomic mass is 35.5. The molecule has 250 valence electrons. The van der Waals surface area contributed by atoms with Crippen molar-refractivity contribution in [1.29, 1.82) is 0 Å². The van der Waals surface area contributed by atoms with Crippen molar-refractivity contribution in [2.24, 2.45) is 0 Å². The Balaban J connectivity index is 1.16. The third kappa shape index (κ3) is 6.34. The first-order chi connectivity index (χ1) is 22.9. The third-order valence-electron chi connectivity index (χ3n) is 8.40. The Labute approximate surface area is 290 Å². The quantitative estimate of drug-likeness (QED) is 0.205. The summed E-state index contributed by atoms with van der Waals surface area (Å²) >= 11 is 15.1. The number of amides is 2. The average molecular weight is 712 g/mol. The van der Waals surface area contributed by atoms with Crippen LogP contribution in [0.1, 0.15) is 38.2 Å². The second kappa shape index (κ2) is 12.7. The van der Waals surface area contributed by atoms with Crippen molar-refractivity contribution in [3.8, 4) is 11.1 Å². The highest BCUT2D eigenvalue weighted by molar-refractivity contribution is 7.13. The predicted molar refractivity (Wildman–Crippen MR) is 185 cm³/mol. The summed E-state index contributed by atoms with van der Waals surface area (Å²) in [5.41, 5.74) is 3.49. The molecule has 1 fully saturated rings. The molecule has 1 saturated heterocycles. The van der Waals surface area contributed by atoms with Gasteiger partial charge >= 0.3 is 6.09 Å². The number of ether oxygens (including phenoxy) is 1. The molecule has 3 aromatic heterocycles. The largest absolute Gasteiger partial charge is 0.444 e. The lowest BCUT2D eigenvalue weighted by atomic mass is 10.0. The monoisotopic (exact) mass is 710 g/mol. The maximum Gasteiger partial charge on any atom is 0.410 e. The normalized spacial score (nSPS) is 17.1. The van der Waals surface area contributed by atoms with Gasteiger partial charge in [-0.3, -0.25) is 14.8 Å². The Morgan fingerprint density at radius 1 is 1.10 bits per heavy atom. The van der Waals surface area contributed by atoms with Gasteiger partial charge in [-0.1, -0.05) is 35.3 Å². The van der Waals surface area contributed by atoms with Gasteiger partial charge in [0.25, 0.3) is 5.91 Å². The van der Waals surface area contributed by atoms with Crippen LogP contribution in [-0.4, -0.2) is 79.2 Å². The Bertz CT molecular complexity index is 1980. The number of nitrogens with one attached hydrogen (secondary N) is 1. The molecule has 2 atom stereocenters. The van der Waals surface area contributed by atoms with Gasteiger partial charge in [-0.2, -0.15) is 5.10 Å². The molecule has 2 aliphatic heterocycles. The molecule has 1 N–H and O–H groups in total. The van der Waals surface area contributed by atoms with Crippen LogP contribution in [0.25, 0.3) is 22.0 Å². The highest BCUT2D eigenvalue weighted by Gasteiger charge is 2.35. The van der Waals surface area contributed by atoms with Crippen molar-refractivity contribution >= 4 is 68.3 Å². The maximum absolute atomic E-state index is 14.4. The summed E-state index contributed by atoms with van der Waals surface area (Å²) in [6.45, 7) is 8.26. The van der Waals surface area contributed by atoms with Crippen LogP contribution in [0.2, 0.25) is 10.0 Å². The zero-order valence-corrected chi connectivity index (χ0v) is 28.8. The fraction of sp³-hybridized carbons (Fsp3) is 0.364. The molecule has 2 aromatic carbocycles. The Kier molecular flexibility index (Phi) is 8.55. The van der Waals surface area contributed by atoms with Crippen molar-refractivity contribution in [3.05, 3.63) is 75.9 Å². The number of carbonyl (C=O) groups excluding carboxylic acids is 2. The first-order valence-electron chi connectivity index (χ1n) is 15.5. The van der Waals surface area contributed by atoms with Crippen molar-refractivity contribution in [2.75, 3.05) is 36.4 Å².